The predicted octanol–water partition coefficient (Wildman–Crippen LogP) is 3.81. The van der Waals surface area contributed by atoms with Crippen LogP contribution in [0.15, 0.2) is 53.5 Å². The molecule has 0 spiro atoms. The molecule has 3 rings (SSSR count). The van der Waals surface area contributed by atoms with Gasteiger partial charge in [-0.15, -0.1) is 0 Å². The number of carbonyl (C=O) groups is 2. The molecule has 2 aromatic rings. The van der Waals surface area contributed by atoms with E-state index in [1.807, 2.05) is 6.92 Å². The Bertz CT molecular complexity index is 902. The second-order valence-corrected chi connectivity index (χ2v) is 7.18. The highest BCUT2D eigenvalue weighted by Gasteiger charge is 2.38. The molecule has 1 N–H and O–H groups in total. The van der Waals surface area contributed by atoms with Crippen molar-refractivity contribution < 1.29 is 18.7 Å². The first-order valence-electron chi connectivity index (χ1n) is 8.77. The summed E-state index contributed by atoms with van der Waals surface area (Å²) in [6.07, 6.45) is -0.0596. The summed E-state index contributed by atoms with van der Waals surface area (Å²) in [7, 11) is 1.59. The molecule has 0 radical (unpaired) electrons. The van der Waals surface area contributed by atoms with Crippen LogP contribution < -0.4 is 10.1 Å². The second-order valence-electron chi connectivity index (χ2n) is 6.01. The Morgan fingerprint density at radius 2 is 1.96 bits per heavy atom. The van der Waals surface area contributed by atoms with Crippen molar-refractivity contribution in [1.82, 2.24) is 4.90 Å². The third-order valence-electron chi connectivity index (χ3n) is 4.15. The second kappa shape index (κ2) is 8.88. The van der Waals surface area contributed by atoms with Crippen molar-refractivity contribution in [2.45, 2.75) is 18.6 Å². The zero-order valence-electron chi connectivity index (χ0n) is 15.5. The normalized spacial score (nSPS) is 17.8. The van der Waals surface area contributed by atoms with Crippen molar-refractivity contribution >= 4 is 40.1 Å². The van der Waals surface area contributed by atoms with Crippen LogP contribution in [0.5, 0.6) is 5.75 Å². The summed E-state index contributed by atoms with van der Waals surface area (Å²) in [5.41, 5.74) is 0.786. The molecule has 1 saturated heterocycles. The first kappa shape index (κ1) is 19.9. The highest BCUT2D eigenvalue weighted by atomic mass is 32.2. The number of benzene rings is 2. The third kappa shape index (κ3) is 4.51. The molecular formula is C20H20FN3O3S. The van der Waals surface area contributed by atoms with Crippen LogP contribution in [0.4, 0.5) is 15.8 Å². The van der Waals surface area contributed by atoms with Gasteiger partial charge < -0.3 is 10.1 Å². The number of anilines is 1. The van der Waals surface area contributed by atoms with Crippen LogP contribution in [0.1, 0.15) is 13.3 Å². The number of halogens is 1. The Kier molecular flexibility index (Phi) is 6.30. The average molecular weight is 401 g/mol. The minimum atomic E-state index is -0.594. The third-order valence-corrected chi connectivity index (χ3v) is 5.33. The van der Waals surface area contributed by atoms with Gasteiger partial charge in [-0.3, -0.25) is 14.5 Å². The first-order valence-corrected chi connectivity index (χ1v) is 9.65. The lowest BCUT2D eigenvalue weighted by atomic mass is 10.2. The minimum Gasteiger partial charge on any atom is -0.497 e. The Morgan fingerprint density at radius 1 is 1.25 bits per heavy atom. The number of carbonyl (C=O) groups excluding carboxylic acids is 2. The maximum Gasteiger partial charge on any atom is 0.242 e. The van der Waals surface area contributed by atoms with E-state index in [1.165, 1.54) is 23.9 Å². The molecule has 28 heavy (non-hydrogen) atoms. The molecule has 6 nitrogen and oxygen atoms in total. The quantitative estimate of drug-likeness (QED) is 0.799. The first-order chi connectivity index (χ1) is 13.5. The van der Waals surface area contributed by atoms with Gasteiger partial charge in [0.15, 0.2) is 5.17 Å². The van der Waals surface area contributed by atoms with Crippen LogP contribution in [0, 0.1) is 5.82 Å². The van der Waals surface area contributed by atoms with Gasteiger partial charge in [0.2, 0.25) is 11.8 Å². The fourth-order valence-corrected chi connectivity index (χ4v) is 3.94. The summed E-state index contributed by atoms with van der Waals surface area (Å²) >= 11 is 1.24. The SMILES string of the molecule is CCN1C(=O)[C@@H](CC(=O)Nc2ccccc2F)SC1=Nc1ccc(OC)cc1. The summed E-state index contributed by atoms with van der Waals surface area (Å²) < 4.78 is 18.8. The molecular weight excluding hydrogens is 381 g/mol. The van der Waals surface area contributed by atoms with E-state index in [2.05, 4.69) is 10.3 Å². The Morgan fingerprint density at radius 3 is 2.61 bits per heavy atom. The van der Waals surface area contributed by atoms with E-state index in [4.69, 9.17) is 4.74 Å². The number of aliphatic imine (C=N–C) groups is 1. The number of ether oxygens (including phenoxy) is 1. The van der Waals surface area contributed by atoms with Crippen LogP contribution >= 0.6 is 11.8 Å². The van der Waals surface area contributed by atoms with E-state index in [-0.39, 0.29) is 18.0 Å². The number of amides is 2. The number of methoxy groups -OCH3 is 1. The van der Waals surface area contributed by atoms with E-state index in [0.29, 0.717) is 23.1 Å². The van der Waals surface area contributed by atoms with Crippen LogP contribution in [0.3, 0.4) is 0 Å². The average Bonchev–Trinajstić information content (AvgIpc) is 2.98. The molecule has 1 atom stereocenters. The largest absolute Gasteiger partial charge is 0.497 e. The lowest BCUT2D eigenvalue weighted by Gasteiger charge is -2.13. The topological polar surface area (TPSA) is 71.0 Å². The van der Waals surface area contributed by atoms with Crippen LogP contribution in [-0.2, 0) is 9.59 Å². The Balaban J connectivity index is 1.71. The van der Waals surface area contributed by atoms with Gasteiger partial charge in [0.25, 0.3) is 0 Å². The van der Waals surface area contributed by atoms with Crippen molar-refractivity contribution in [3.63, 3.8) is 0 Å². The van der Waals surface area contributed by atoms with Gasteiger partial charge in [-0.1, -0.05) is 23.9 Å². The maximum absolute atomic E-state index is 13.7. The number of nitrogens with one attached hydrogen (secondary N) is 1. The highest BCUT2D eigenvalue weighted by Crippen LogP contribution is 2.32. The Labute approximate surface area is 166 Å². The van der Waals surface area contributed by atoms with Gasteiger partial charge in [0.1, 0.15) is 16.8 Å². The number of rotatable bonds is 6. The van der Waals surface area contributed by atoms with Crippen molar-refractivity contribution in [2.24, 2.45) is 4.99 Å². The van der Waals surface area contributed by atoms with E-state index in [0.717, 1.165) is 0 Å². The summed E-state index contributed by atoms with van der Waals surface area (Å²) in [6.45, 7) is 2.30. The molecule has 146 valence electrons. The van der Waals surface area contributed by atoms with E-state index in [9.17, 15) is 14.0 Å². The molecule has 2 aromatic carbocycles. The van der Waals surface area contributed by atoms with Crippen molar-refractivity contribution in [1.29, 1.82) is 0 Å². The van der Waals surface area contributed by atoms with Gasteiger partial charge >= 0.3 is 0 Å². The maximum atomic E-state index is 13.7. The summed E-state index contributed by atoms with van der Waals surface area (Å²) in [5.74, 6) is -0.395. The molecule has 1 aliphatic heterocycles. The van der Waals surface area contributed by atoms with Gasteiger partial charge in [-0.05, 0) is 43.3 Å². The van der Waals surface area contributed by atoms with E-state index in [1.54, 1.807) is 48.4 Å². The predicted molar refractivity (Wildman–Crippen MR) is 109 cm³/mol. The number of hydrogen-bond donors (Lipinski definition) is 1. The van der Waals surface area contributed by atoms with Crippen LogP contribution in [0.25, 0.3) is 0 Å². The van der Waals surface area contributed by atoms with Crippen molar-refractivity contribution in [3.05, 3.63) is 54.3 Å². The zero-order chi connectivity index (χ0) is 20.1. The van der Waals surface area contributed by atoms with E-state index >= 15 is 0 Å². The molecule has 0 bridgehead atoms. The number of hydrogen-bond acceptors (Lipinski definition) is 5. The summed E-state index contributed by atoms with van der Waals surface area (Å²) in [4.78, 5) is 31.0. The van der Waals surface area contributed by atoms with Crippen LogP contribution in [-0.4, -0.2) is 40.8 Å². The van der Waals surface area contributed by atoms with Gasteiger partial charge in [-0.2, -0.15) is 0 Å². The van der Waals surface area contributed by atoms with Gasteiger partial charge in [0.05, 0.1) is 18.5 Å². The fourth-order valence-electron chi connectivity index (χ4n) is 2.72. The molecule has 1 fully saturated rings. The zero-order valence-corrected chi connectivity index (χ0v) is 16.3. The molecule has 2 amide bonds. The van der Waals surface area contributed by atoms with Crippen LogP contribution in [0.2, 0.25) is 0 Å². The number of nitrogens with zero attached hydrogens (tertiary/aromatic N) is 2. The standard InChI is InChI=1S/C20H20FN3O3S/c1-3-24-19(26)17(12-18(25)23-16-7-5-4-6-15(16)21)28-20(24)22-13-8-10-14(27-2)11-9-13/h4-11,17H,3,12H2,1-2H3,(H,23,25)/t17-/m1/s1. The van der Waals surface area contributed by atoms with Crippen molar-refractivity contribution in [2.75, 3.05) is 19.0 Å². The molecule has 0 unspecified atom stereocenters. The van der Waals surface area contributed by atoms with Crippen molar-refractivity contribution in [3.8, 4) is 5.75 Å². The van der Waals surface area contributed by atoms with Gasteiger partial charge in [-0.25, -0.2) is 9.38 Å². The summed E-state index contributed by atoms with van der Waals surface area (Å²) in [6, 6.07) is 13.1. The molecule has 8 heteroatoms. The summed E-state index contributed by atoms with van der Waals surface area (Å²) in [5, 5.41) is 2.47. The fraction of sp³-hybridized carbons (Fsp3) is 0.250. The highest BCUT2D eigenvalue weighted by molar-refractivity contribution is 8.15. The molecule has 0 aromatic heterocycles. The molecule has 1 heterocycles. The molecule has 1 aliphatic rings. The molecule has 0 saturated carbocycles. The monoisotopic (exact) mass is 401 g/mol. The number of para-hydroxylation sites is 1. The van der Waals surface area contributed by atoms with E-state index < -0.39 is 17.0 Å². The van der Waals surface area contributed by atoms with Gasteiger partial charge in [0, 0.05) is 13.0 Å². The Hall–Kier alpha value is -2.87. The number of amidine groups is 1. The lowest BCUT2D eigenvalue weighted by Crippen LogP contribution is -2.33. The minimum absolute atomic E-state index is 0.0596. The number of thioether (sulfide) groups is 1. The molecule has 0 aliphatic carbocycles. The lowest BCUT2D eigenvalue weighted by molar-refractivity contribution is -0.128. The smallest absolute Gasteiger partial charge is 0.242 e.